The molecule has 0 amide bonds. The SMILES string of the molecule is CCCCc1ncc(C#N)c(NCc2ccc(-c3ccccc3-c3nnnn3C(c3ccccc3)(c3ccccc3)c3ccccc3)cc2)n1. The average molecular weight is 653 g/mol. The van der Waals surface area contributed by atoms with Crippen molar-refractivity contribution < 1.29 is 0 Å². The molecule has 0 aliphatic carbocycles. The molecule has 0 saturated heterocycles. The highest BCUT2D eigenvalue weighted by atomic mass is 15.6. The number of nitrogens with one attached hydrogen (secondary N) is 1. The number of unbranched alkanes of at least 4 members (excludes halogenated alkanes) is 1. The lowest BCUT2D eigenvalue weighted by molar-refractivity contribution is 0.451. The van der Waals surface area contributed by atoms with Gasteiger partial charge in [-0.25, -0.2) is 14.6 Å². The summed E-state index contributed by atoms with van der Waals surface area (Å²) in [5.41, 5.74) is 6.72. The van der Waals surface area contributed by atoms with E-state index in [0.29, 0.717) is 23.8 Å². The molecular weight excluding hydrogens is 617 g/mol. The molecule has 0 saturated carbocycles. The van der Waals surface area contributed by atoms with Gasteiger partial charge in [0.15, 0.2) is 5.82 Å². The molecule has 0 atom stereocenters. The minimum Gasteiger partial charge on any atom is -0.365 e. The van der Waals surface area contributed by atoms with Gasteiger partial charge in [0.2, 0.25) is 0 Å². The van der Waals surface area contributed by atoms with Crippen molar-refractivity contribution in [2.45, 2.75) is 38.3 Å². The second-order valence-electron chi connectivity index (χ2n) is 12.1. The van der Waals surface area contributed by atoms with Crippen molar-refractivity contribution in [3.05, 3.63) is 179 Å². The van der Waals surface area contributed by atoms with Gasteiger partial charge >= 0.3 is 0 Å². The number of aromatic nitrogens is 6. The molecule has 0 aliphatic rings. The van der Waals surface area contributed by atoms with Gasteiger partial charge in [0.1, 0.15) is 28.8 Å². The van der Waals surface area contributed by atoms with Crippen LogP contribution in [-0.4, -0.2) is 30.2 Å². The number of hydrogen-bond donors (Lipinski definition) is 1. The molecule has 50 heavy (non-hydrogen) atoms. The zero-order valence-corrected chi connectivity index (χ0v) is 27.8. The lowest BCUT2D eigenvalue weighted by Crippen LogP contribution is -2.39. The molecule has 7 aromatic rings. The maximum absolute atomic E-state index is 9.63. The Bertz CT molecular complexity index is 2110. The Morgan fingerprint density at radius 3 is 1.88 bits per heavy atom. The lowest BCUT2D eigenvalue weighted by atomic mass is 9.77. The molecule has 0 bridgehead atoms. The molecule has 1 N–H and O–H groups in total. The first-order valence-corrected chi connectivity index (χ1v) is 16.9. The molecule has 0 aliphatic heterocycles. The molecule has 0 spiro atoms. The van der Waals surface area contributed by atoms with E-state index >= 15 is 0 Å². The predicted molar refractivity (Wildman–Crippen MR) is 196 cm³/mol. The fourth-order valence-electron chi connectivity index (χ4n) is 6.49. The van der Waals surface area contributed by atoms with Crippen LogP contribution in [0, 0.1) is 11.3 Å². The van der Waals surface area contributed by atoms with Gasteiger partial charge in [0.25, 0.3) is 0 Å². The Kier molecular flexibility index (Phi) is 9.47. The van der Waals surface area contributed by atoms with Gasteiger partial charge < -0.3 is 5.32 Å². The third kappa shape index (κ3) is 6.25. The maximum atomic E-state index is 9.63. The Hall–Kier alpha value is -6.46. The molecule has 2 aromatic heterocycles. The second kappa shape index (κ2) is 14.8. The molecule has 0 unspecified atom stereocenters. The molecule has 0 radical (unpaired) electrons. The fourth-order valence-corrected chi connectivity index (χ4v) is 6.49. The number of aryl methyl sites for hydroxylation is 1. The molecule has 2 heterocycles. The predicted octanol–water partition coefficient (Wildman–Crippen LogP) is 8.46. The summed E-state index contributed by atoms with van der Waals surface area (Å²) < 4.78 is 1.97. The molecular formula is C42H36N8. The minimum atomic E-state index is -0.856. The number of tetrazole rings is 1. The van der Waals surface area contributed by atoms with Gasteiger partial charge in [-0.2, -0.15) is 5.26 Å². The van der Waals surface area contributed by atoms with E-state index in [4.69, 9.17) is 10.3 Å². The van der Waals surface area contributed by atoms with Crippen LogP contribution in [0.1, 0.15) is 53.4 Å². The Labute approximate surface area is 292 Å². The quantitative estimate of drug-likeness (QED) is 0.132. The second-order valence-corrected chi connectivity index (χ2v) is 12.1. The van der Waals surface area contributed by atoms with E-state index in [9.17, 15) is 5.26 Å². The van der Waals surface area contributed by atoms with Crippen LogP contribution in [0.2, 0.25) is 0 Å². The Morgan fingerprint density at radius 1 is 0.720 bits per heavy atom. The Balaban J connectivity index is 1.27. The van der Waals surface area contributed by atoms with E-state index in [1.54, 1.807) is 6.20 Å². The lowest BCUT2D eigenvalue weighted by Gasteiger charge is -2.36. The zero-order chi connectivity index (χ0) is 34.2. The van der Waals surface area contributed by atoms with Gasteiger partial charge in [-0.15, -0.1) is 5.10 Å². The first kappa shape index (κ1) is 32.1. The van der Waals surface area contributed by atoms with Crippen molar-refractivity contribution in [2.24, 2.45) is 0 Å². The highest BCUT2D eigenvalue weighted by Gasteiger charge is 2.42. The van der Waals surface area contributed by atoms with Crippen LogP contribution in [-0.2, 0) is 18.5 Å². The van der Waals surface area contributed by atoms with Crippen LogP contribution >= 0.6 is 0 Å². The summed E-state index contributed by atoms with van der Waals surface area (Å²) in [6, 6.07) is 50.1. The van der Waals surface area contributed by atoms with E-state index in [1.807, 2.05) is 35.0 Å². The number of nitrogens with zero attached hydrogens (tertiary/aromatic N) is 7. The van der Waals surface area contributed by atoms with Crippen molar-refractivity contribution in [2.75, 3.05) is 5.32 Å². The largest absolute Gasteiger partial charge is 0.365 e. The molecule has 0 fully saturated rings. The zero-order valence-electron chi connectivity index (χ0n) is 27.8. The summed E-state index contributed by atoms with van der Waals surface area (Å²) in [6.07, 6.45) is 4.46. The summed E-state index contributed by atoms with van der Waals surface area (Å²) >= 11 is 0. The van der Waals surface area contributed by atoms with Crippen LogP contribution in [0.25, 0.3) is 22.5 Å². The number of anilines is 1. The summed E-state index contributed by atoms with van der Waals surface area (Å²) in [5, 5.41) is 26.7. The average Bonchev–Trinajstić information content (AvgIpc) is 3.68. The van der Waals surface area contributed by atoms with Gasteiger partial charge in [-0.1, -0.05) is 153 Å². The summed E-state index contributed by atoms with van der Waals surface area (Å²) in [7, 11) is 0. The number of rotatable bonds is 12. The molecule has 8 heteroatoms. The van der Waals surface area contributed by atoms with Crippen LogP contribution in [0.15, 0.2) is 146 Å². The maximum Gasteiger partial charge on any atom is 0.184 e. The number of benzene rings is 5. The van der Waals surface area contributed by atoms with Gasteiger partial charge in [-0.3, -0.25) is 0 Å². The normalized spacial score (nSPS) is 11.2. The summed E-state index contributed by atoms with van der Waals surface area (Å²) in [5.74, 6) is 1.96. The molecule has 244 valence electrons. The van der Waals surface area contributed by atoms with Crippen molar-refractivity contribution in [1.82, 2.24) is 30.2 Å². The monoisotopic (exact) mass is 652 g/mol. The molecule has 5 aromatic carbocycles. The minimum absolute atomic E-state index is 0.436. The van der Waals surface area contributed by atoms with Crippen molar-refractivity contribution in [3.8, 4) is 28.6 Å². The fraction of sp³-hybridized carbons (Fsp3) is 0.143. The summed E-state index contributed by atoms with van der Waals surface area (Å²) in [4.78, 5) is 8.99. The Morgan fingerprint density at radius 2 is 1.30 bits per heavy atom. The van der Waals surface area contributed by atoms with Crippen molar-refractivity contribution in [1.29, 1.82) is 5.26 Å². The standard InChI is InChI=1S/C42H36N8/c1-2-3-23-39-44-30-33(28-43)40(46-39)45-29-31-24-26-32(27-25-31)37-21-13-14-22-38(37)41-47-48-49-50(41)42(34-15-7-4-8-16-34,35-17-9-5-10-18-35)36-19-11-6-12-20-36/h4-22,24-27,30H,2-3,23,29H2,1H3,(H,44,45,46). The number of hydrogen-bond acceptors (Lipinski definition) is 7. The van der Waals surface area contributed by atoms with E-state index in [-0.39, 0.29) is 0 Å². The third-order valence-electron chi connectivity index (χ3n) is 8.97. The van der Waals surface area contributed by atoms with Crippen LogP contribution in [0.3, 0.4) is 0 Å². The highest BCUT2D eigenvalue weighted by Crippen LogP contribution is 2.43. The number of nitriles is 1. The first-order valence-electron chi connectivity index (χ1n) is 16.9. The molecule has 7 rings (SSSR count). The first-order chi connectivity index (χ1) is 24.7. The summed E-state index contributed by atoms with van der Waals surface area (Å²) in [6.45, 7) is 2.66. The van der Waals surface area contributed by atoms with Crippen LogP contribution < -0.4 is 5.32 Å². The van der Waals surface area contributed by atoms with Crippen molar-refractivity contribution in [3.63, 3.8) is 0 Å². The van der Waals surface area contributed by atoms with E-state index < -0.39 is 5.54 Å². The smallest absolute Gasteiger partial charge is 0.184 e. The topological polar surface area (TPSA) is 105 Å². The van der Waals surface area contributed by atoms with E-state index in [2.05, 4.69) is 143 Å². The van der Waals surface area contributed by atoms with Crippen molar-refractivity contribution >= 4 is 5.82 Å². The van der Waals surface area contributed by atoms with Crippen LogP contribution in [0.4, 0.5) is 5.82 Å². The van der Waals surface area contributed by atoms with Gasteiger partial charge in [0.05, 0.1) is 6.20 Å². The third-order valence-corrected chi connectivity index (χ3v) is 8.97. The molecule has 8 nitrogen and oxygen atoms in total. The van der Waals surface area contributed by atoms with E-state index in [1.165, 1.54) is 0 Å². The van der Waals surface area contributed by atoms with Gasteiger partial charge in [0, 0.05) is 18.5 Å². The highest BCUT2D eigenvalue weighted by molar-refractivity contribution is 5.81. The van der Waals surface area contributed by atoms with E-state index in [0.717, 1.165) is 64.0 Å². The van der Waals surface area contributed by atoms with Crippen LogP contribution in [0.5, 0.6) is 0 Å². The van der Waals surface area contributed by atoms with Gasteiger partial charge in [-0.05, 0) is 50.2 Å².